The summed E-state index contributed by atoms with van der Waals surface area (Å²) in [4.78, 5) is 0. The van der Waals surface area contributed by atoms with Crippen molar-refractivity contribution in [1.82, 2.24) is 0 Å². The number of hydrogen-bond donors (Lipinski definition) is 0. The summed E-state index contributed by atoms with van der Waals surface area (Å²) in [7, 11) is 0. The summed E-state index contributed by atoms with van der Waals surface area (Å²) in [6, 6.07) is 3.65. The van der Waals surface area contributed by atoms with Crippen molar-refractivity contribution in [2.75, 3.05) is 0 Å². The van der Waals surface area contributed by atoms with Crippen molar-refractivity contribution in [3.8, 4) is 69.8 Å². The Labute approximate surface area is 412 Å². The van der Waals surface area contributed by atoms with Crippen molar-refractivity contribution in [2.45, 2.75) is 0 Å². The lowest BCUT2D eigenvalue weighted by Gasteiger charge is -2.14. The molecule has 6 aromatic carbocycles. The molecule has 0 atom stereocenters. The zero-order valence-corrected chi connectivity index (χ0v) is 35.8. The fraction of sp³-hybridized carbons (Fsp3) is 0. The summed E-state index contributed by atoms with van der Waals surface area (Å²) < 4.78 is 370. The Kier molecular flexibility index (Phi) is 13.9. The molecule has 0 aliphatic heterocycles. The third kappa shape index (κ3) is 7.51. The second-order valence-corrected chi connectivity index (χ2v) is 15.0. The van der Waals surface area contributed by atoms with Gasteiger partial charge in [0, 0.05) is 16.7 Å². The van der Waals surface area contributed by atoms with Gasteiger partial charge in [0.2, 0.25) is 0 Å². The molecule has 0 unspecified atom stereocenters. The first kappa shape index (κ1) is 55.5. The molecule has 1 aliphatic carbocycles. The number of rotatable bonds is 6. The average Bonchev–Trinajstić information content (AvgIpc) is 4.31. The van der Waals surface area contributed by atoms with E-state index in [-0.39, 0.29) is 0 Å². The van der Waals surface area contributed by atoms with E-state index < -0.39 is 240 Å². The molecular weight excluding hydrogens is 1120 g/mol. The van der Waals surface area contributed by atoms with E-state index in [0.29, 0.717) is 36.4 Å². The van der Waals surface area contributed by atoms with Crippen molar-refractivity contribution >= 4 is 16.7 Å². The van der Waals surface area contributed by atoms with Crippen molar-refractivity contribution in [3.63, 3.8) is 0 Å². The topological polar surface area (TPSA) is 143 Å². The van der Waals surface area contributed by atoms with Crippen LogP contribution in [0.5, 0.6) is 0 Å². The van der Waals surface area contributed by atoms with Crippen LogP contribution in [0.2, 0.25) is 0 Å². The minimum atomic E-state index is -3.24. The second-order valence-electron chi connectivity index (χ2n) is 15.0. The van der Waals surface area contributed by atoms with Crippen LogP contribution in [0.25, 0.3) is 50.1 Å². The van der Waals surface area contributed by atoms with Gasteiger partial charge < -0.3 is 0 Å². The number of benzene rings is 6. The molecule has 0 aromatic heterocycles. The Bertz CT molecular complexity index is 3650. The predicted molar refractivity (Wildman–Crippen MR) is 206 cm³/mol. The number of nitrogens with zero attached hydrogens (tertiary/aromatic N) is 6. The van der Waals surface area contributed by atoms with Crippen molar-refractivity contribution in [3.05, 3.63) is 190 Å². The van der Waals surface area contributed by atoms with Gasteiger partial charge in [-0.25, -0.2) is 105 Å². The molecule has 390 valence electrons. The molecule has 6 aromatic rings. The van der Waals surface area contributed by atoms with Gasteiger partial charge >= 0.3 is 0 Å². The largest absolute Gasteiger partial charge is 0.203 e. The van der Waals surface area contributed by atoms with Crippen LogP contribution in [0, 0.1) is 208 Å². The van der Waals surface area contributed by atoms with E-state index >= 15 is 79.0 Å². The van der Waals surface area contributed by atoms with E-state index in [1.165, 1.54) is 0 Å². The Morgan fingerprint density at radius 1 is 0.192 bits per heavy atom. The Balaban J connectivity index is 1.68. The maximum Gasteiger partial charge on any atom is 0.180 e. The third-order valence-corrected chi connectivity index (χ3v) is 11.2. The molecule has 1 aliphatic rings. The van der Waals surface area contributed by atoms with Crippen LogP contribution < -0.4 is 0 Å². The summed E-state index contributed by atoms with van der Waals surface area (Å²) in [6.07, 6.45) is 0. The van der Waals surface area contributed by atoms with Gasteiger partial charge in [-0.15, -0.1) is 0 Å². The minimum absolute atomic E-state index is 0.584. The number of allylic oxidation sites excluding steroid dienone is 6. The first-order valence-electron chi connectivity index (χ1n) is 19.4. The molecular formula is C48F24N6. The maximum absolute atomic E-state index is 16.2. The molecule has 0 radical (unpaired) electrons. The highest BCUT2D eigenvalue weighted by atomic mass is 19.2. The van der Waals surface area contributed by atoms with Crippen molar-refractivity contribution in [1.29, 1.82) is 31.6 Å². The van der Waals surface area contributed by atoms with Crippen LogP contribution in [-0.4, -0.2) is 0 Å². The zero-order valence-electron chi connectivity index (χ0n) is 35.8. The van der Waals surface area contributed by atoms with E-state index in [4.69, 9.17) is 15.8 Å². The van der Waals surface area contributed by atoms with E-state index in [2.05, 4.69) is 0 Å². The molecule has 30 heteroatoms. The van der Waals surface area contributed by atoms with E-state index in [0.717, 1.165) is 0 Å². The molecule has 0 N–H and O–H groups in total. The van der Waals surface area contributed by atoms with Gasteiger partial charge in [0.25, 0.3) is 0 Å². The third-order valence-electron chi connectivity index (χ3n) is 11.2. The average molecular weight is 1120 g/mol. The molecule has 1 fully saturated rings. The monoisotopic (exact) mass is 1120 g/mol. The Morgan fingerprint density at radius 3 is 0.436 bits per heavy atom. The molecule has 78 heavy (non-hydrogen) atoms. The first-order valence-corrected chi connectivity index (χ1v) is 19.4. The van der Waals surface area contributed by atoms with Gasteiger partial charge in [-0.05, 0) is 0 Å². The lowest BCUT2D eigenvalue weighted by atomic mass is 9.94. The second kappa shape index (κ2) is 19.5. The fourth-order valence-electron chi connectivity index (χ4n) is 7.71. The van der Waals surface area contributed by atoms with Crippen LogP contribution in [0.15, 0.2) is 16.7 Å². The highest BCUT2D eigenvalue weighted by Gasteiger charge is 2.48. The lowest BCUT2D eigenvalue weighted by molar-refractivity contribution is 0.438. The number of nitriles is 6. The highest BCUT2D eigenvalue weighted by molar-refractivity contribution is 6.12. The van der Waals surface area contributed by atoms with Gasteiger partial charge in [-0.3, -0.25) is 0 Å². The predicted octanol–water partition coefficient (Wildman–Crippen LogP) is 13.9. The smallest absolute Gasteiger partial charge is 0.180 e. The molecule has 7 rings (SSSR count). The fourth-order valence-corrected chi connectivity index (χ4v) is 7.71. The van der Waals surface area contributed by atoms with Crippen LogP contribution in [0.1, 0.15) is 33.4 Å². The van der Waals surface area contributed by atoms with E-state index in [9.17, 15) is 42.1 Å². The van der Waals surface area contributed by atoms with Crippen LogP contribution in [0.3, 0.4) is 0 Å². The molecule has 1 saturated carbocycles. The molecule has 0 amide bonds. The summed E-state index contributed by atoms with van der Waals surface area (Å²) in [5.74, 6) is -73.2. The Hall–Kier alpha value is -10.2. The molecule has 0 heterocycles. The minimum Gasteiger partial charge on any atom is -0.203 e. The zero-order chi connectivity index (χ0) is 58.5. The number of hydrogen-bond acceptors (Lipinski definition) is 6. The van der Waals surface area contributed by atoms with Crippen LogP contribution >= 0.6 is 0 Å². The highest BCUT2D eigenvalue weighted by Crippen LogP contribution is 2.58. The van der Waals surface area contributed by atoms with E-state index in [1.54, 1.807) is 0 Å². The van der Waals surface area contributed by atoms with Crippen molar-refractivity contribution < 1.29 is 105 Å². The molecule has 0 spiro atoms. The SMILES string of the molecule is N#CC(=C1C(=C(C#N)c2c(F)c(F)c(-c3c(F)c(F)c(C#N)c(F)c3F)c(F)c2F)C1=C(C#N)c1c(F)c(F)c(-c2c(F)c(F)c(C#N)c(F)c2F)c(F)c1F)c1c(F)c(F)c(-c2c(F)c(F)c(C#N)c(F)c2F)c(F)c1F. The summed E-state index contributed by atoms with van der Waals surface area (Å²) >= 11 is 0. The van der Waals surface area contributed by atoms with Gasteiger partial charge in [-0.2, -0.15) is 31.6 Å². The first-order chi connectivity index (χ1) is 36.5. The van der Waals surface area contributed by atoms with Gasteiger partial charge in [-0.1, -0.05) is 0 Å². The quantitative estimate of drug-likeness (QED) is 0.0923. The summed E-state index contributed by atoms with van der Waals surface area (Å²) in [5, 5.41) is 57.2. The summed E-state index contributed by atoms with van der Waals surface area (Å²) in [6.45, 7) is 0. The summed E-state index contributed by atoms with van der Waals surface area (Å²) in [5.41, 5.74) is -44.4. The van der Waals surface area contributed by atoms with Crippen LogP contribution in [0.4, 0.5) is 105 Å². The number of halogens is 24. The molecule has 0 bridgehead atoms. The molecule has 6 nitrogen and oxygen atoms in total. The van der Waals surface area contributed by atoms with E-state index in [1.807, 2.05) is 0 Å². The van der Waals surface area contributed by atoms with Gasteiger partial charge in [0.15, 0.2) is 140 Å². The van der Waals surface area contributed by atoms with Crippen molar-refractivity contribution in [2.24, 2.45) is 0 Å². The van der Waals surface area contributed by atoms with Crippen LogP contribution in [-0.2, 0) is 0 Å². The normalized spacial score (nSPS) is 11.7. The molecule has 0 saturated heterocycles. The van der Waals surface area contributed by atoms with Gasteiger partial charge in [0.05, 0.1) is 66.8 Å². The Morgan fingerprint density at radius 2 is 0.321 bits per heavy atom. The maximum atomic E-state index is 16.2. The lowest BCUT2D eigenvalue weighted by Crippen LogP contribution is -2.11. The van der Waals surface area contributed by atoms with Gasteiger partial charge in [0.1, 0.15) is 53.1 Å². The standard InChI is InChI=1S/C48F24N6/c49-25-10(4-76)26(50)38(62)19(37(25)61)22-43(67)31(55)16(32(56)44(22)68)7(1-73)13-14(8(2-74)17-33(57)45(69)23(46(70)34(17)58)20-39(63)27(51)11(5-77)28(52)40(20)64)15(13)9(3-75)18-35(59)47(71)24(48(72)36(18)60)21-41(65)29(53)12(6-78)30(54)42(21)66.